The Bertz CT molecular complexity index is 294. The van der Waals surface area contributed by atoms with Crippen LogP contribution in [0.25, 0.3) is 0 Å². The Morgan fingerprint density at radius 3 is 2.71 bits per heavy atom. The smallest absolute Gasteiger partial charge is 0.229 e. The maximum atomic E-state index is 12.4. The molecule has 0 saturated carbocycles. The van der Waals surface area contributed by atoms with Gasteiger partial charge in [0, 0.05) is 12.6 Å². The van der Waals surface area contributed by atoms with Gasteiger partial charge in [-0.15, -0.1) is 0 Å². The minimum atomic E-state index is -0.0308. The van der Waals surface area contributed by atoms with Crippen LogP contribution in [0.15, 0.2) is 0 Å². The first-order valence-corrected chi connectivity index (χ1v) is 6.58. The van der Waals surface area contributed by atoms with Crippen LogP contribution in [-0.4, -0.2) is 41.1 Å². The van der Waals surface area contributed by atoms with E-state index in [4.69, 9.17) is 22.7 Å². The first-order chi connectivity index (χ1) is 7.97. The lowest BCUT2D eigenvalue weighted by Crippen LogP contribution is -2.46. The summed E-state index contributed by atoms with van der Waals surface area (Å²) >= 11 is 4.90. The van der Waals surface area contributed by atoms with Crippen molar-refractivity contribution in [3.8, 4) is 0 Å². The molecule has 98 valence electrons. The van der Waals surface area contributed by atoms with E-state index in [0.717, 1.165) is 12.8 Å². The van der Waals surface area contributed by atoms with Gasteiger partial charge in [-0.05, 0) is 26.7 Å². The van der Waals surface area contributed by atoms with E-state index in [2.05, 4.69) is 0 Å². The second-order valence-electron chi connectivity index (χ2n) is 4.74. The number of rotatable bonds is 5. The fourth-order valence-electron chi connectivity index (χ4n) is 2.23. The highest BCUT2D eigenvalue weighted by Crippen LogP contribution is 2.26. The van der Waals surface area contributed by atoms with Crippen molar-refractivity contribution in [1.82, 2.24) is 4.90 Å². The highest BCUT2D eigenvalue weighted by molar-refractivity contribution is 7.80. The SMILES string of the molecule is CCC1OCCC1C(=O)N(CC(N)=S)C(C)C. The molecular weight excluding hydrogens is 236 g/mol. The third-order valence-electron chi connectivity index (χ3n) is 3.16. The molecule has 2 unspecified atom stereocenters. The van der Waals surface area contributed by atoms with Gasteiger partial charge in [-0.3, -0.25) is 4.79 Å². The van der Waals surface area contributed by atoms with Crippen LogP contribution in [0.4, 0.5) is 0 Å². The molecule has 1 saturated heterocycles. The van der Waals surface area contributed by atoms with E-state index in [0.29, 0.717) is 18.1 Å². The molecule has 1 aliphatic rings. The van der Waals surface area contributed by atoms with Crippen molar-refractivity contribution in [2.75, 3.05) is 13.2 Å². The molecule has 0 radical (unpaired) electrons. The molecular formula is C12H22N2O2S. The Labute approximate surface area is 108 Å². The number of amides is 1. The highest BCUT2D eigenvalue weighted by Gasteiger charge is 2.36. The quantitative estimate of drug-likeness (QED) is 0.756. The van der Waals surface area contributed by atoms with Gasteiger partial charge < -0.3 is 15.4 Å². The fourth-order valence-corrected chi connectivity index (χ4v) is 2.37. The number of hydrogen-bond acceptors (Lipinski definition) is 3. The van der Waals surface area contributed by atoms with E-state index < -0.39 is 0 Å². The largest absolute Gasteiger partial charge is 0.392 e. The first kappa shape index (κ1) is 14.4. The van der Waals surface area contributed by atoms with Crippen molar-refractivity contribution in [1.29, 1.82) is 0 Å². The number of nitrogens with two attached hydrogens (primary N) is 1. The number of carbonyl (C=O) groups is 1. The van der Waals surface area contributed by atoms with Crippen LogP contribution in [-0.2, 0) is 9.53 Å². The van der Waals surface area contributed by atoms with Crippen LogP contribution < -0.4 is 5.73 Å². The van der Waals surface area contributed by atoms with Crippen molar-refractivity contribution >= 4 is 23.1 Å². The second kappa shape index (κ2) is 6.31. The Hall–Kier alpha value is -0.680. The molecule has 4 nitrogen and oxygen atoms in total. The van der Waals surface area contributed by atoms with Crippen molar-refractivity contribution in [2.45, 2.75) is 45.8 Å². The summed E-state index contributed by atoms with van der Waals surface area (Å²) in [6.45, 7) is 7.04. The Balaban J connectivity index is 2.73. The van der Waals surface area contributed by atoms with Gasteiger partial charge in [0.2, 0.25) is 5.91 Å². The summed E-state index contributed by atoms with van der Waals surface area (Å²) in [5, 5.41) is 0. The zero-order valence-corrected chi connectivity index (χ0v) is 11.6. The Morgan fingerprint density at radius 1 is 1.59 bits per heavy atom. The normalized spacial score (nSPS) is 24.0. The number of thiocarbonyl (C=S) groups is 1. The lowest BCUT2D eigenvalue weighted by atomic mass is 9.97. The summed E-state index contributed by atoms with van der Waals surface area (Å²) in [6.07, 6.45) is 1.72. The molecule has 5 heteroatoms. The molecule has 1 heterocycles. The summed E-state index contributed by atoms with van der Waals surface area (Å²) in [6, 6.07) is 0.113. The zero-order chi connectivity index (χ0) is 13.0. The van der Waals surface area contributed by atoms with E-state index in [1.54, 1.807) is 4.90 Å². The van der Waals surface area contributed by atoms with Gasteiger partial charge in [0.25, 0.3) is 0 Å². The summed E-state index contributed by atoms with van der Waals surface area (Å²) in [7, 11) is 0. The molecule has 1 fully saturated rings. The minimum Gasteiger partial charge on any atom is -0.392 e. The van der Waals surface area contributed by atoms with E-state index in [1.165, 1.54) is 0 Å². The molecule has 1 amide bonds. The van der Waals surface area contributed by atoms with Crippen molar-refractivity contribution in [3.63, 3.8) is 0 Å². The fraction of sp³-hybridized carbons (Fsp3) is 0.833. The molecule has 1 rings (SSSR count). The molecule has 2 atom stereocenters. The lowest BCUT2D eigenvalue weighted by Gasteiger charge is -2.30. The van der Waals surface area contributed by atoms with Crippen molar-refractivity contribution in [2.24, 2.45) is 11.7 Å². The average Bonchev–Trinajstić information content (AvgIpc) is 2.72. The minimum absolute atomic E-state index is 0.0308. The molecule has 0 aliphatic carbocycles. The number of hydrogen-bond donors (Lipinski definition) is 1. The second-order valence-corrected chi connectivity index (χ2v) is 5.26. The van der Waals surface area contributed by atoms with E-state index in [9.17, 15) is 4.79 Å². The maximum Gasteiger partial charge on any atom is 0.229 e. The molecule has 0 aromatic heterocycles. The van der Waals surface area contributed by atoms with E-state index in [1.807, 2.05) is 20.8 Å². The lowest BCUT2D eigenvalue weighted by molar-refractivity contribution is -0.138. The summed E-state index contributed by atoms with van der Waals surface area (Å²) in [4.78, 5) is 14.5. The maximum absolute atomic E-state index is 12.4. The van der Waals surface area contributed by atoms with Gasteiger partial charge in [-0.25, -0.2) is 0 Å². The van der Waals surface area contributed by atoms with Crippen LogP contribution in [0.2, 0.25) is 0 Å². The van der Waals surface area contributed by atoms with Crippen molar-refractivity contribution < 1.29 is 9.53 Å². The van der Waals surface area contributed by atoms with Gasteiger partial charge in [0.05, 0.1) is 23.6 Å². The van der Waals surface area contributed by atoms with Crippen LogP contribution in [0.3, 0.4) is 0 Å². The predicted molar refractivity (Wildman–Crippen MR) is 71.8 cm³/mol. The Morgan fingerprint density at radius 2 is 2.24 bits per heavy atom. The number of ether oxygens (including phenoxy) is 1. The van der Waals surface area contributed by atoms with E-state index in [-0.39, 0.29) is 24.0 Å². The van der Waals surface area contributed by atoms with Gasteiger partial charge in [-0.2, -0.15) is 0 Å². The van der Waals surface area contributed by atoms with Gasteiger partial charge in [0.1, 0.15) is 0 Å². The van der Waals surface area contributed by atoms with Crippen LogP contribution in [0.1, 0.15) is 33.6 Å². The monoisotopic (exact) mass is 258 g/mol. The molecule has 17 heavy (non-hydrogen) atoms. The Kier molecular flexibility index (Phi) is 5.33. The summed E-state index contributed by atoms with van der Waals surface area (Å²) in [5.74, 6) is 0.0916. The first-order valence-electron chi connectivity index (χ1n) is 6.17. The average molecular weight is 258 g/mol. The van der Waals surface area contributed by atoms with Crippen LogP contribution >= 0.6 is 12.2 Å². The molecule has 0 aromatic rings. The summed E-state index contributed by atoms with van der Waals surface area (Å²) < 4.78 is 5.56. The van der Waals surface area contributed by atoms with E-state index >= 15 is 0 Å². The molecule has 1 aliphatic heterocycles. The third-order valence-corrected chi connectivity index (χ3v) is 3.29. The zero-order valence-electron chi connectivity index (χ0n) is 10.8. The molecule has 0 spiro atoms. The standard InChI is InChI=1S/C12H22N2O2S/c1-4-10-9(5-6-16-10)12(15)14(8(2)3)7-11(13)17/h8-10H,4-7H2,1-3H3,(H2,13,17). The summed E-state index contributed by atoms with van der Waals surface area (Å²) in [5.41, 5.74) is 5.54. The van der Waals surface area contributed by atoms with Gasteiger partial charge >= 0.3 is 0 Å². The number of nitrogens with zero attached hydrogens (tertiary/aromatic N) is 1. The van der Waals surface area contributed by atoms with Crippen molar-refractivity contribution in [3.05, 3.63) is 0 Å². The van der Waals surface area contributed by atoms with Crippen LogP contribution in [0, 0.1) is 5.92 Å². The topological polar surface area (TPSA) is 55.6 Å². The molecule has 0 aromatic carbocycles. The third kappa shape index (κ3) is 3.64. The van der Waals surface area contributed by atoms with Crippen LogP contribution in [0.5, 0.6) is 0 Å². The molecule has 2 N–H and O–H groups in total. The predicted octanol–water partition coefficient (Wildman–Crippen LogP) is 1.32. The molecule has 0 bridgehead atoms. The van der Waals surface area contributed by atoms with Gasteiger partial charge in [0.15, 0.2) is 0 Å². The number of carbonyl (C=O) groups excluding carboxylic acids is 1. The van der Waals surface area contributed by atoms with Gasteiger partial charge in [-0.1, -0.05) is 19.1 Å². The highest BCUT2D eigenvalue weighted by atomic mass is 32.1.